The van der Waals surface area contributed by atoms with Crippen LogP contribution in [0.1, 0.15) is 550 Å². The smallest absolute Gasteiger partial charge is 0.0169 e. The first-order valence-corrected chi connectivity index (χ1v) is 48.4. The summed E-state index contributed by atoms with van der Waals surface area (Å²) in [6, 6.07) is 0. The lowest BCUT2D eigenvalue weighted by atomic mass is 9.30. The zero-order valence-electron chi connectivity index (χ0n) is 74.8. The highest BCUT2D eigenvalue weighted by molar-refractivity contribution is 5.20. The van der Waals surface area contributed by atoms with Crippen LogP contribution >= 0.6 is 0 Å². The summed E-state index contributed by atoms with van der Waals surface area (Å²) in [5, 5.41) is 0. The van der Waals surface area contributed by atoms with Crippen LogP contribution in [0.2, 0.25) is 0 Å². The van der Waals surface area contributed by atoms with Gasteiger partial charge >= 0.3 is 0 Å². The Hall–Kier alpha value is 0. The Morgan fingerprint density at radius 2 is 0.560 bits per heavy atom. The second kappa shape index (κ2) is 63.9. The van der Waals surface area contributed by atoms with E-state index in [-0.39, 0.29) is 21.7 Å². The number of unbranched alkanes of at least 4 members (excludes halogenated alkanes) is 17. The van der Waals surface area contributed by atoms with E-state index in [1.165, 1.54) is 385 Å². The Bertz CT molecular complexity index is 1690. The van der Waals surface area contributed by atoms with Gasteiger partial charge in [-0.3, -0.25) is 0 Å². The van der Waals surface area contributed by atoms with Crippen LogP contribution in [0.3, 0.4) is 0 Å². The molecule has 0 fully saturated rings. The minimum atomic E-state index is 0.182. The molecule has 0 saturated heterocycles. The summed E-state index contributed by atoms with van der Waals surface area (Å²) in [6.45, 7) is 58.8. The summed E-state index contributed by atoms with van der Waals surface area (Å²) in [7, 11) is 0. The molecule has 0 spiro atoms. The molecule has 100 heavy (non-hydrogen) atoms. The van der Waals surface area contributed by atoms with Crippen molar-refractivity contribution in [3.8, 4) is 0 Å². The Balaban J connectivity index is 12.3. The van der Waals surface area contributed by atoms with E-state index in [2.05, 4.69) is 152 Å². The van der Waals surface area contributed by atoms with Crippen molar-refractivity contribution in [3.63, 3.8) is 0 Å². The third kappa shape index (κ3) is 37.4. The van der Waals surface area contributed by atoms with Crippen molar-refractivity contribution in [1.29, 1.82) is 0 Å². The van der Waals surface area contributed by atoms with Gasteiger partial charge in [0.2, 0.25) is 0 Å². The van der Waals surface area contributed by atoms with Gasteiger partial charge in [-0.15, -0.1) is 0 Å². The summed E-state index contributed by atoms with van der Waals surface area (Å²) in [5.41, 5.74) is 0.846. The molecule has 0 aromatic carbocycles. The van der Waals surface area contributed by atoms with Crippen molar-refractivity contribution in [2.75, 3.05) is 0 Å². The van der Waals surface area contributed by atoms with E-state index in [1.807, 2.05) is 0 Å². The van der Waals surface area contributed by atoms with Crippen LogP contribution in [-0.4, -0.2) is 0 Å². The Morgan fingerprint density at radius 3 is 1.02 bits per heavy atom. The van der Waals surface area contributed by atoms with Crippen LogP contribution in [0, 0.1) is 92.7 Å². The van der Waals surface area contributed by atoms with Crippen molar-refractivity contribution in [2.24, 2.45) is 92.7 Å². The first-order valence-electron chi connectivity index (χ1n) is 48.4. The summed E-state index contributed by atoms with van der Waals surface area (Å²) < 4.78 is 0. The monoisotopic (exact) mass is 1400 g/mol. The topological polar surface area (TPSA) is 0 Å². The van der Waals surface area contributed by atoms with Gasteiger partial charge in [-0.25, -0.2) is 0 Å². The second-order valence-corrected chi connectivity index (χ2v) is 37.5. The van der Waals surface area contributed by atoms with Gasteiger partial charge < -0.3 is 0 Å². The fourth-order valence-corrected chi connectivity index (χ4v) is 23.4. The first-order chi connectivity index (χ1) is 48.4. The van der Waals surface area contributed by atoms with E-state index in [4.69, 9.17) is 0 Å². The maximum Gasteiger partial charge on any atom is -0.0169 e. The van der Waals surface area contributed by atoms with Gasteiger partial charge in [-0.05, 0) is 157 Å². The van der Waals surface area contributed by atoms with Crippen molar-refractivity contribution < 1.29 is 0 Å². The quantitative estimate of drug-likeness (QED) is 0.0533. The van der Waals surface area contributed by atoms with E-state index < -0.39 is 0 Å². The van der Waals surface area contributed by atoms with Crippen LogP contribution in [0.25, 0.3) is 0 Å². The molecular formula is C100H202. The zero-order chi connectivity index (χ0) is 74.8. The van der Waals surface area contributed by atoms with E-state index in [0.29, 0.717) is 11.8 Å². The SMILES string of the molecule is CCCCCCC(C)C(CC(CCC)CCCCC)(C(C)CC(CCC)CCCCC)C(CC(C)CCCCC)(CC(CCC)CCCCC)C(CCC(C)CCCC)(CC(CCC)CCCCC)C(CCC)(CCCC(C)CCC)C(CCCCC(C)CC)CC(CCC)CCCCC. The second-order valence-electron chi connectivity index (χ2n) is 37.5. The maximum absolute atomic E-state index is 3.16. The summed E-state index contributed by atoms with van der Waals surface area (Å²) in [5.74, 6) is 9.38. The van der Waals surface area contributed by atoms with Crippen LogP contribution in [0.4, 0.5) is 0 Å². The summed E-state index contributed by atoms with van der Waals surface area (Å²) >= 11 is 0. The molecule has 0 nitrogen and oxygen atoms in total. The van der Waals surface area contributed by atoms with E-state index in [1.54, 1.807) is 12.8 Å². The van der Waals surface area contributed by atoms with Gasteiger partial charge in [0.1, 0.15) is 0 Å². The van der Waals surface area contributed by atoms with Crippen LogP contribution < -0.4 is 0 Å². The van der Waals surface area contributed by atoms with Gasteiger partial charge in [0.05, 0.1) is 0 Å². The Morgan fingerprint density at radius 1 is 0.200 bits per heavy atom. The predicted molar refractivity (Wildman–Crippen MR) is 463 cm³/mol. The van der Waals surface area contributed by atoms with E-state index in [9.17, 15) is 0 Å². The predicted octanol–water partition coefficient (Wildman–Crippen LogP) is 37.0. The van der Waals surface area contributed by atoms with Crippen molar-refractivity contribution >= 4 is 0 Å². The van der Waals surface area contributed by atoms with Gasteiger partial charge in [0, 0.05) is 0 Å². The molecule has 16 atom stereocenters. The molecule has 0 aromatic rings. The molecule has 0 saturated carbocycles. The first kappa shape index (κ1) is 100. The summed E-state index contributed by atoms with van der Waals surface area (Å²) in [6.07, 6.45) is 89.0. The van der Waals surface area contributed by atoms with Gasteiger partial charge in [-0.2, -0.15) is 0 Å². The standard InChI is InChI=1S/C100H202/c1-23-39-47-54-68-89(21)100(84-95(63-36-14)73-53-45-29-7,90(22)79-91(59-32-10)69-49-41-25-3)99(81-88(20)66-48-40-24-2,83-94(62-35-13)72-52-44-28-6)98(78-75-87(19)64-46-30-8,82-93(61-34-12)71-51-43-27-5)97(76-37-15,77-57-67-86(18)58-31-9)96(74-56-55-65-85(17)38-16)80-92(60-33-11)70-50-42-26-4/h85-96H,23-84H2,1-22H3. The molecule has 0 bridgehead atoms. The maximum atomic E-state index is 3.16. The number of hydrogen-bond donors (Lipinski definition) is 0. The normalized spacial score (nSPS) is 18.4. The molecule has 0 rings (SSSR count). The molecular weight excluding hydrogens is 1200 g/mol. The Labute approximate surface area is 639 Å². The third-order valence-corrected chi connectivity index (χ3v) is 28.7. The van der Waals surface area contributed by atoms with Crippen LogP contribution in [0.5, 0.6) is 0 Å². The minimum absolute atomic E-state index is 0.182. The van der Waals surface area contributed by atoms with Gasteiger partial charge in [-0.1, -0.05) is 486 Å². The largest absolute Gasteiger partial charge is 0.0654 e. The zero-order valence-corrected chi connectivity index (χ0v) is 74.8. The lowest BCUT2D eigenvalue weighted by Crippen LogP contribution is -2.67. The Kier molecular flexibility index (Phi) is 63.9. The number of hydrogen-bond acceptors (Lipinski definition) is 0. The van der Waals surface area contributed by atoms with Crippen LogP contribution in [-0.2, 0) is 0 Å². The molecule has 16 unspecified atom stereocenters. The van der Waals surface area contributed by atoms with E-state index >= 15 is 0 Å². The van der Waals surface area contributed by atoms with Crippen molar-refractivity contribution in [1.82, 2.24) is 0 Å². The van der Waals surface area contributed by atoms with Gasteiger partial charge in [0.15, 0.2) is 0 Å². The average molecular weight is 1400 g/mol. The molecule has 0 N–H and O–H groups in total. The molecule has 0 aliphatic heterocycles. The fraction of sp³-hybridized carbons (Fsp3) is 1.00. The molecule has 0 amide bonds. The van der Waals surface area contributed by atoms with Crippen molar-refractivity contribution in [3.05, 3.63) is 0 Å². The molecule has 0 heterocycles. The molecule has 0 aromatic heterocycles. The van der Waals surface area contributed by atoms with Gasteiger partial charge in [0.25, 0.3) is 0 Å². The van der Waals surface area contributed by atoms with Crippen molar-refractivity contribution in [2.45, 2.75) is 550 Å². The van der Waals surface area contributed by atoms with Crippen LogP contribution in [0.15, 0.2) is 0 Å². The van der Waals surface area contributed by atoms with E-state index in [0.717, 1.165) is 59.2 Å². The fourth-order valence-electron chi connectivity index (χ4n) is 23.4. The third-order valence-electron chi connectivity index (χ3n) is 28.7. The highest BCUT2D eigenvalue weighted by Gasteiger charge is 2.71. The molecule has 0 aliphatic carbocycles. The molecule has 0 aliphatic rings. The highest BCUT2D eigenvalue weighted by Crippen LogP contribution is 2.79. The highest BCUT2D eigenvalue weighted by atomic mass is 14.8. The molecule has 0 radical (unpaired) electrons. The molecule has 0 heteroatoms. The molecule has 602 valence electrons. The minimum Gasteiger partial charge on any atom is -0.0654 e. The number of rotatable bonds is 77. The average Bonchev–Trinajstić information content (AvgIpc) is 0.677. The summed E-state index contributed by atoms with van der Waals surface area (Å²) in [4.78, 5) is 0. The lowest BCUT2D eigenvalue weighted by Gasteiger charge is -2.74. The lowest BCUT2D eigenvalue weighted by molar-refractivity contribution is -0.261.